The molecule has 68 heavy (non-hydrogen) atoms. The lowest BCUT2D eigenvalue weighted by Gasteiger charge is -2.18. The number of rotatable bonds is 52. The number of hydrogen-bond acceptors (Lipinski definition) is 6. The smallest absolute Gasteiger partial charge is 0.306 e. The van der Waals surface area contributed by atoms with Gasteiger partial charge in [-0.15, -0.1) is 0 Å². The van der Waals surface area contributed by atoms with Gasteiger partial charge in [0.15, 0.2) is 6.10 Å². The molecule has 0 heterocycles. The van der Waals surface area contributed by atoms with Crippen molar-refractivity contribution < 1.29 is 28.6 Å². The quantitative estimate of drug-likeness (QED) is 0.0262. The highest BCUT2D eigenvalue weighted by Crippen LogP contribution is 2.15. The molecule has 0 fully saturated rings. The van der Waals surface area contributed by atoms with Crippen LogP contribution in [-0.4, -0.2) is 37.2 Å². The van der Waals surface area contributed by atoms with Crippen molar-refractivity contribution in [2.24, 2.45) is 0 Å². The topological polar surface area (TPSA) is 78.9 Å². The van der Waals surface area contributed by atoms with E-state index in [9.17, 15) is 14.4 Å². The molecule has 0 bridgehead atoms. The average Bonchev–Trinajstić information content (AvgIpc) is 3.34. The van der Waals surface area contributed by atoms with Crippen molar-refractivity contribution in [2.45, 2.75) is 290 Å². The van der Waals surface area contributed by atoms with Crippen molar-refractivity contribution in [1.29, 1.82) is 0 Å². The van der Waals surface area contributed by atoms with Crippen LogP contribution in [-0.2, 0) is 28.6 Å². The Morgan fingerprint density at radius 3 is 0.838 bits per heavy atom. The zero-order valence-electron chi connectivity index (χ0n) is 44.9. The molecule has 0 aromatic rings. The second-order valence-corrected chi connectivity index (χ2v) is 19.2. The van der Waals surface area contributed by atoms with Gasteiger partial charge in [0.05, 0.1) is 0 Å². The van der Waals surface area contributed by atoms with Gasteiger partial charge >= 0.3 is 17.9 Å². The largest absolute Gasteiger partial charge is 0.462 e. The van der Waals surface area contributed by atoms with E-state index < -0.39 is 6.10 Å². The zero-order valence-corrected chi connectivity index (χ0v) is 44.9. The molecule has 392 valence electrons. The average molecular weight is 950 g/mol. The maximum atomic E-state index is 12.9. The minimum atomic E-state index is -0.787. The van der Waals surface area contributed by atoms with Gasteiger partial charge in [-0.3, -0.25) is 14.4 Å². The second kappa shape index (κ2) is 56.4. The molecule has 0 amide bonds. The molecule has 0 radical (unpaired) electrons. The molecule has 0 aliphatic heterocycles. The molecule has 6 heteroatoms. The molecule has 0 N–H and O–H groups in total. The molecule has 1 unspecified atom stereocenters. The van der Waals surface area contributed by atoms with Crippen LogP contribution in [0.5, 0.6) is 0 Å². The Bertz CT molecular complexity index is 1270. The first-order valence-electron chi connectivity index (χ1n) is 28.9. The molecule has 1 atom stereocenters. The number of carbonyl (C=O) groups is 3. The predicted octanol–water partition coefficient (Wildman–Crippen LogP) is 19.4. The summed E-state index contributed by atoms with van der Waals surface area (Å²) in [6.45, 7) is 6.56. The molecule has 0 aliphatic rings. The van der Waals surface area contributed by atoms with E-state index in [1.54, 1.807) is 0 Å². The van der Waals surface area contributed by atoms with E-state index in [4.69, 9.17) is 14.2 Å². The fourth-order valence-electron chi connectivity index (χ4n) is 8.00. The molecule has 0 aliphatic carbocycles. The number of ether oxygens (including phenoxy) is 3. The lowest BCUT2D eigenvalue weighted by Crippen LogP contribution is -2.30. The van der Waals surface area contributed by atoms with Crippen molar-refractivity contribution >= 4 is 17.9 Å². The minimum absolute atomic E-state index is 0.0853. The maximum Gasteiger partial charge on any atom is 0.306 e. The lowest BCUT2D eigenvalue weighted by atomic mass is 10.1. The number of unbranched alkanes of at least 4 members (excludes halogenated alkanes) is 29. The Morgan fingerprint density at radius 1 is 0.294 bits per heavy atom. The fourth-order valence-corrected chi connectivity index (χ4v) is 8.00. The van der Waals surface area contributed by atoms with Gasteiger partial charge in [0.1, 0.15) is 13.2 Å². The van der Waals surface area contributed by atoms with E-state index in [-0.39, 0.29) is 31.1 Å². The predicted molar refractivity (Wildman–Crippen MR) is 293 cm³/mol. The van der Waals surface area contributed by atoms with Gasteiger partial charge in [-0.25, -0.2) is 0 Å². The van der Waals surface area contributed by atoms with Gasteiger partial charge in [0, 0.05) is 19.3 Å². The summed E-state index contributed by atoms with van der Waals surface area (Å²) in [5, 5.41) is 0. The van der Waals surface area contributed by atoms with Crippen LogP contribution >= 0.6 is 0 Å². The summed E-state index contributed by atoms with van der Waals surface area (Å²) in [6, 6.07) is 0. The van der Waals surface area contributed by atoms with Gasteiger partial charge < -0.3 is 14.2 Å². The van der Waals surface area contributed by atoms with Gasteiger partial charge in [0.25, 0.3) is 0 Å². The summed E-state index contributed by atoms with van der Waals surface area (Å²) in [5.74, 6) is -0.903. The summed E-state index contributed by atoms with van der Waals surface area (Å²) >= 11 is 0. The summed E-state index contributed by atoms with van der Waals surface area (Å²) in [7, 11) is 0. The van der Waals surface area contributed by atoms with Crippen LogP contribution in [0.25, 0.3) is 0 Å². The lowest BCUT2D eigenvalue weighted by molar-refractivity contribution is -0.167. The van der Waals surface area contributed by atoms with Gasteiger partial charge in [0.2, 0.25) is 0 Å². The highest BCUT2D eigenvalue weighted by molar-refractivity contribution is 5.71. The van der Waals surface area contributed by atoms with Crippen molar-refractivity contribution in [3.05, 3.63) is 72.9 Å². The van der Waals surface area contributed by atoms with E-state index in [0.29, 0.717) is 19.3 Å². The number of hydrogen-bond donors (Lipinski definition) is 0. The third-order valence-corrected chi connectivity index (χ3v) is 12.4. The van der Waals surface area contributed by atoms with Crippen LogP contribution in [0.4, 0.5) is 0 Å². The fraction of sp³-hybridized carbons (Fsp3) is 0.758. The Labute approximate surface area is 421 Å². The third kappa shape index (κ3) is 53.8. The van der Waals surface area contributed by atoms with Gasteiger partial charge in [-0.05, 0) is 116 Å². The summed E-state index contributed by atoms with van der Waals surface area (Å²) < 4.78 is 16.8. The highest BCUT2D eigenvalue weighted by Gasteiger charge is 2.19. The van der Waals surface area contributed by atoms with Crippen molar-refractivity contribution in [2.75, 3.05) is 13.2 Å². The molecule has 0 spiro atoms. The number of carbonyl (C=O) groups excluding carboxylic acids is 3. The molecule has 0 aromatic heterocycles. The van der Waals surface area contributed by atoms with E-state index >= 15 is 0 Å². The molecule has 0 saturated heterocycles. The van der Waals surface area contributed by atoms with Gasteiger partial charge in [-0.1, -0.05) is 222 Å². The van der Waals surface area contributed by atoms with Crippen LogP contribution in [0.2, 0.25) is 0 Å². The monoisotopic (exact) mass is 949 g/mol. The standard InChI is InChI=1S/C62H108O6/c1-4-7-10-13-16-19-22-25-27-29-31-33-35-37-40-43-46-49-52-55-61(64)67-58-59(57-66-60(63)54-51-48-45-42-39-24-21-18-15-12-9-6-3)68-62(65)56-53-50-47-44-41-38-36-34-32-30-28-26-23-20-17-14-11-8-5-2/h16-21,25-28,31,33,59H,4-15,22-24,29-30,32,34-58H2,1-3H3/b19-16-,20-17-,21-18-,27-25-,28-26-,33-31-. The van der Waals surface area contributed by atoms with E-state index in [1.807, 2.05) is 0 Å². The van der Waals surface area contributed by atoms with Crippen molar-refractivity contribution in [3.63, 3.8) is 0 Å². The van der Waals surface area contributed by atoms with Crippen LogP contribution in [0.15, 0.2) is 72.9 Å². The van der Waals surface area contributed by atoms with Gasteiger partial charge in [-0.2, -0.15) is 0 Å². The molecule has 0 aromatic carbocycles. The summed E-state index contributed by atoms with van der Waals surface area (Å²) in [6.07, 6.45) is 71.7. The minimum Gasteiger partial charge on any atom is -0.462 e. The molecule has 6 nitrogen and oxygen atoms in total. The van der Waals surface area contributed by atoms with Crippen molar-refractivity contribution in [1.82, 2.24) is 0 Å². The summed E-state index contributed by atoms with van der Waals surface area (Å²) in [5.41, 5.74) is 0. The number of esters is 3. The summed E-state index contributed by atoms with van der Waals surface area (Å²) in [4.78, 5) is 38.1. The zero-order chi connectivity index (χ0) is 49.3. The highest BCUT2D eigenvalue weighted by atomic mass is 16.6. The molecule has 0 saturated carbocycles. The first-order valence-corrected chi connectivity index (χ1v) is 28.9. The normalized spacial score (nSPS) is 12.6. The Hall–Kier alpha value is -3.15. The second-order valence-electron chi connectivity index (χ2n) is 19.2. The molecular formula is C62H108O6. The first kappa shape index (κ1) is 64.8. The van der Waals surface area contributed by atoms with E-state index in [2.05, 4.69) is 93.7 Å². The van der Waals surface area contributed by atoms with E-state index in [0.717, 1.165) is 89.9 Å². The van der Waals surface area contributed by atoms with Crippen LogP contribution in [0.1, 0.15) is 284 Å². The maximum absolute atomic E-state index is 12.9. The van der Waals surface area contributed by atoms with Crippen molar-refractivity contribution in [3.8, 4) is 0 Å². The Morgan fingerprint density at radius 2 is 0.529 bits per heavy atom. The van der Waals surface area contributed by atoms with Crippen LogP contribution < -0.4 is 0 Å². The van der Waals surface area contributed by atoms with E-state index in [1.165, 1.54) is 154 Å². The van der Waals surface area contributed by atoms with Crippen LogP contribution in [0.3, 0.4) is 0 Å². The number of allylic oxidation sites excluding steroid dienone is 12. The molecular weight excluding hydrogens is 841 g/mol. The SMILES string of the molecule is CCCCC/C=C\C/C=C\C/C=C\CCCCCCCCC(=O)OCC(COC(=O)CCCCCCC/C=C\CCCCC)OC(=O)CCCCCCCCCCC/C=C\C/C=C\CCCCC. The Kier molecular flexibility index (Phi) is 53.8. The van der Waals surface area contributed by atoms with Crippen LogP contribution in [0, 0.1) is 0 Å². The third-order valence-electron chi connectivity index (χ3n) is 12.4. The first-order chi connectivity index (χ1) is 33.5. The Balaban J connectivity index is 4.38. The molecule has 0 rings (SSSR count).